The molecule has 28 heavy (non-hydrogen) atoms. The van der Waals surface area contributed by atoms with E-state index in [9.17, 15) is 19.5 Å². The number of likely N-dealkylation sites (tertiary alicyclic amines) is 1. The molecule has 152 valence electrons. The summed E-state index contributed by atoms with van der Waals surface area (Å²) >= 11 is 0. The second-order valence-corrected chi connectivity index (χ2v) is 8.15. The minimum Gasteiger partial charge on any atom is -0.478 e. The largest absolute Gasteiger partial charge is 0.478 e. The lowest BCUT2D eigenvalue weighted by Crippen LogP contribution is -2.50. The number of nitrogens with zero attached hydrogens (tertiary/aromatic N) is 1. The van der Waals surface area contributed by atoms with Crippen molar-refractivity contribution in [2.24, 2.45) is 11.8 Å². The number of amides is 2. The molecule has 3 rings (SSSR count). The number of hydrogen-bond acceptors (Lipinski definition) is 3. The molecule has 2 amide bonds. The number of aromatic carboxylic acids is 1. The average Bonchev–Trinajstić information content (AvgIpc) is 3.23. The number of hydrogen-bond donors (Lipinski definition) is 2. The smallest absolute Gasteiger partial charge is 0.335 e. The number of nitrogens with one attached hydrogen (secondary N) is 1. The lowest BCUT2D eigenvalue weighted by Gasteiger charge is -2.34. The van der Waals surface area contributed by atoms with Gasteiger partial charge in [-0.25, -0.2) is 4.79 Å². The van der Waals surface area contributed by atoms with Crippen LogP contribution in [0.5, 0.6) is 0 Å². The normalized spacial score (nSPS) is 19.4. The zero-order valence-corrected chi connectivity index (χ0v) is 16.5. The maximum Gasteiger partial charge on any atom is 0.335 e. The van der Waals surface area contributed by atoms with E-state index in [1.165, 1.54) is 0 Å². The predicted molar refractivity (Wildman–Crippen MR) is 106 cm³/mol. The SMILES string of the molecule is CC(NC(=O)C1CCCC1)C(=O)N1CCC(Cc2ccccc2C(=O)O)CC1. The molecule has 1 aliphatic heterocycles. The molecule has 1 aromatic carbocycles. The van der Waals surface area contributed by atoms with Gasteiger partial charge in [0.25, 0.3) is 0 Å². The fourth-order valence-corrected chi connectivity index (χ4v) is 4.43. The Labute approximate surface area is 166 Å². The topological polar surface area (TPSA) is 86.7 Å². The lowest BCUT2D eigenvalue weighted by molar-refractivity contribution is -0.138. The highest BCUT2D eigenvalue weighted by molar-refractivity contribution is 5.89. The van der Waals surface area contributed by atoms with Gasteiger partial charge in [-0.15, -0.1) is 0 Å². The van der Waals surface area contributed by atoms with Crippen molar-refractivity contribution in [2.45, 2.75) is 57.9 Å². The van der Waals surface area contributed by atoms with Gasteiger partial charge in [-0.3, -0.25) is 9.59 Å². The van der Waals surface area contributed by atoms with Crippen molar-refractivity contribution in [3.8, 4) is 0 Å². The number of carbonyl (C=O) groups excluding carboxylic acids is 2. The van der Waals surface area contributed by atoms with Gasteiger partial charge < -0.3 is 15.3 Å². The average molecular weight is 386 g/mol. The van der Waals surface area contributed by atoms with Crippen LogP contribution in [0.3, 0.4) is 0 Å². The van der Waals surface area contributed by atoms with Crippen LogP contribution < -0.4 is 5.32 Å². The Morgan fingerprint density at radius 3 is 2.39 bits per heavy atom. The summed E-state index contributed by atoms with van der Waals surface area (Å²) in [6.45, 7) is 3.08. The van der Waals surface area contributed by atoms with Gasteiger partial charge in [0, 0.05) is 19.0 Å². The number of benzene rings is 1. The molecule has 2 aliphatic rings. The summed E-state index contributed by atoms with van der Waals surface area (Å²) in [6, 6.07) is 6.65. The Balaban J connectivity index is 1.48. The number of piperidine rings is 1. The Hall–Kier alpha value is -2.37. The molecule has 0 aromatic heterocycles. The first-order chi connectivity index (χ1) is 13.5. The molecule has 1 atom stereocenters. The molecule has 1 aromatic rings. The van der Waals surface area contributed by atoms with Crippen LogP contribution in [0.1, 0.15) is 61.4 Å². The monoisotopic (exact) mass is 386 g/mol. The fourth-order valence-electron chi connectivity index (χ4n) is 4.43. The second kappa shape index (κ2) is 9.22. The van der Waals surface area contributed by atoms with E-state index in [1.807, 2.05) is 17.0 Å². The summed E-state index contributed by atoms with van der Waals surface area (Å²) < 4.78 is 0. The van der Waals surface area contributed by atoms with E-state index in [0.29, 0.717) is 24.6 Å². The highest BCUT2D eigenvalue weighted by Crippen LogP contribution is 2.26. The summed E-state index contributed by atoms with van der Waals surface area (Å²) in [5, 5.41) is 12.2. The molecular weight excluding hydrogens is 356 g/mol. The van der Waals surface area contributed by atoms with Crippen LogP contribution >= 0.6 is 0 Å². The molecule has 2 N–H and O–H groups in total. The van der Waals surface area contributed by atoms with Gasteiger partial charge in [0.1, 0.15) is 6.04 Å². The minimum absolute atomic E-state index is 0.0125. The van der Waals surface area contributed by atoms with Crippen LogP contribution in [0.2, 0.25) is 0 Å². The Kier molecular flexibility index (Phi) is 6.70. The molecule has 0 radical (unpaired) electrons. The molecule has 1 aliphatic carbocycles. The number of rotatable bonds is 6. The van der Waals surface area contributed by atoms with Crippen LogP contribution in [0.25, 0.3) is 0 Å². The first-order valence-corrected chi connectivity index (χ1v) is 10.4. The predicted octanol–water partition coefficient (Wildman–Crippen LogP) is 2.86. The van der Waals surface area contributed by atoms with E-state index in [4.69, 9.17) is 0 Å². The van der Waals surface area contributed by atoms with Crippen molar-refractivity contribution >= 4 is 17.8 Å². The highest BCUT2D eigenvalue weighted by Gasteiger charge is 2.30. The van der Waals surface area contributed by atoms with Crippen LogP contribution in [-0.4, -0.2) is 46.9 Å². The number of carboxylic acids is 1. The third-order valence-electron chi connectivity index (χ3n) is 6.14. The van der Waals surface area contributed by atoms with Crippen LogP contribution in [0, 0.1) is 11.8 Å². The van der Waals surface area contributed by atoms with Crippen molar-refractivity contribution < 1.29 is 19.5 Å². The summed E-state index contributed by atoms with van der Waals surface area (Å²) in [5.41, 5.74) is 1.22. The van der Waals surface area contributed by atoms with Gasteiger partial charge in [-0.2, -0.15) is 0 Å². The maximum atomic E-state index is 12.7. The fraction of sp³-hybridized carbons (Fsp3) is 0.591. The van der Waals surface area contributed by atoms with E-state index in [-0.39, 0.29) is 17.7 Å². The van der Waals surface area contributed by atoms with Crippen molar-refractivity contribution in [2.75, 3.05) is 13.1 Å². The summed E-state index contributed by atoms with van der Waals surface area (Å²) in [5.74, 6) is -0.465. The Morgan fingerprint density at radius 2 is 1.75 bits per heavy atom. The molecule has 1 heterocycles. The van der Waals surface area contributed by atoms with Crippen molar-refractivity contribution in [3.63, 3.8) is 0 Å². The first-order valence-electron chi connectivity index (χ1n) is 10.4. The Morgan fingerprint density at radius 1 is 1.11 bits per heavy atom. The van der Waals surface area contributed by atoms with E-state index in [0.717, 1.165) is 50.5 Å². The van der Waals surface area contributed by atoms with Crippen LogP contribution in [0.15, 0.2) is 24.3 Å². The molecule has 1 saturated heterocycles. The third-order valence-corrected chi connectivity index (χ3v) is 6.14. The van der Waals surface area contributed by atoms with Gasteiger partial charge in [0.05, 0.1) is 5.56 Å². The molecule has 1 unspecified atom stereocenters. The van der Waals surface area contributed by atoms with Crippen LogP contribution in [-0.2, 0) is 16.0 Å². The van der Waals surface area contributed by atoms with Gasteiger partial charge >= 0.3 is 5.97 Å². The summed E-state index contributed by atoms with van der Waals surface area (Å²) in [6.07, 6.45) is 6.47. The molecule has 6 heteroatoms. The van der Waals surface area contributed by atoms with E-state index < -0.39 is 12.0 Å². The van der Waals surface area contributed by atoms with Gasteiger partial charge in [0.15, 0.2) is 0 Å². The third kappa shape index (κ3) is 4.91. The van der Waals surface area contributed by atoms with Crippen molar-refractivity contribution in [1.29, 1.82) is 0 Å². The lowest BCUT2D eigenvalue weighted by atomic mass is 9.88. The summed E-state index contributed by atoms with van der Waals surface area (Å²) in [7, 11) is 0. The molecule has 2 fully saturated rings. The second-order valence-electron chi connectivity index (χ2n) is 8.15. The molecular formula is C22H30N2O4. The van der Waals surface area contributed by atoms with Gasteiger partial charge in [-0.1, -0.05) is 31.0 Å². The quantitative estimate of drug-likeness (QED) is 0.787. The van der Waals surface area contributed by atoms with Gasteiger partial charge in [0.2, 0.25) is 11.8 Å². The number of carboxylic acid groups (broad SMARTS) is 1. The van der Waals surface area contributed by atoms with Gasteiger partial charge in [-0.05, 0) is 56.6 Å². The molecule has 0 spiro atoms. The van der Waals surface area contributed by atoms with E-state index >= 15 is 0 Å². The Bertz CT molecular complexity index is 719. The number of carbonyl (C=O) groups is 3. The zero-order valence-electron chi connectivity index (χ0n) is 16.5. The van der Waals surface area contributed by atoms with E-state index in [2.05, 4.69) is 5.32 Å². The van der Waals surface area contributed by atoms with E-state index in [1.54, 1.807) is 19.1 Å². The summed E-state index contributed by atoms with van der Waals surface area (Å²) in [4.78, 5) is 38.2. The zero-order chi connectivity index (χ0) is 20.1. The minimum atomic E-state index is -0.893. The first kappa shape index (κ1) is 20.4. The van der Waals surface area contributed by atoms with Crippen LogP contribution in [0.4, 0.5) is 0 Å². The standard InChI is InChI=1S/C22H30N2O4/c1-15(23-20(25)17-6-2-3-7-17)21(26)24-12-10-16(11-13-24)14-18-8-4-5-9-19(18)22(27)28/h4-5,8-9,15-17H,2-3,6-7,10-14H2,1H3,(H,23,25)(H,27,28). The highest BCUT2D eigenvalue weighted by atomic mass is 16.4. The molecule has 0 bridgehead atoms. The van der Waals surface area contributed by atoms with Crippen molar-refractivity contribution in [3.05, 3.63) is 35.4 Å². The molecule has 6 nitrogen and oxygen atoms in total. The maximum absolute atomic E-state index is 12.7. The van der Waals surface area contributed by atoms with Crippen molar-refractivity contribution in [1.82, 2.24) is 10.2 Å². The molecule has 1 saturated carbocycles.